The highest BCUT2D eigenvalue weighted by Crippen LogP contribution is 2.33. The van der Waals surface area contributed by atoms with Gasteiger partial charge in [-0.15, -0.1) is 11.3 Å². The molecule has 1 fully saturated rings. The minimum Gasteiger partial charge on any atom is -0.497 e. The summed E-state index contributed by atoms with van der Waals surface area (Å²) in [6, 6.07) is 14.5. The number of benzene rings is 2. The van der Waals surface area contributed by atoms with Gasteiger partial charge in [-0.05, 0) is 42.7 Å². The quantitative estimate of drug-likeness (QED) is 0.289. The van der Waals surface area contributed by atoms with Crippen LogP contribution >= 0.6 is 22.9 Å². The van der Waals surface area contributed by atoms with Gasteiger partial charge < -0.3 is 19.7 Å². The molecule has 2 aromatic carbocycles. The number of pyridine rings is 1. The van der Waals surface area contributed by atoms with Crippen molar-refractivity contribution in [1.29, 1.82) is 0 Å². The van der Waals surface area contributed by atoms with E-state index in [1.54, 1.807) is 43.1 Å². The molecule has 1 amide bonds. The van der Waals surface area contributed by atoms with Crippen molar-refractivity contribution in [2.45, 2.75) is 20.3 Å². The van der Waals surface area contributed by atoms with Crippen LogP contribution in [0.4, 0.5) is 0 Å². The summed E-state index contributed by atoms with van der Waals surface area (Å²) < 4.78 is 12.8. The van der Waals surface area contributed by atoms with Crippen LogP contribution in [0.15, 0.2) is 58.7 Å². The minimum absolute atomic E-state index is 0.103. The Morgan fingerprint density at radius 2 is 1.80 bits per heavy atom. The largest absolute Gasteiger partial charge is 0.497 e. The molecule has 8 nitrogen and oxygen atoms in total. The van der Waals surface area contributed by atoms with E-state index in [1.165, 1.54) is 11.3 Å². The molecule has 0 atom stereocenters. The Kier molecular flexibility index (Phi) is 8.77. The molecule has 3 heterocycles. The first-order valence-corrected chi connectivity index (χ1v) is 14.8. The van der Waals surface area contributed by atoms with E-state index in [2.05, 4.69) is 19.2 Å². The molecule has 1 saturated heterocycles. The number of halogens is 1. The van der Waals surface area contributed by atoms with Gasteiger partial charge in [0, 0.05) is 53.9 Å². The summed E-state index contributed by atoms with van der Waals surface area (Å²) in [6.07, 6.45) is 0.511. The van der Waals surface area contributed by atoms with E-state index in [9.17, 15) is 9.59 Å². The Morgan fingerprint density at radius 3 is 2.46 bits per heavy atom. The Bertz CT molecular complexity index is 1610. The minimum atomic E-state index is -0.277. The summed E-state index contributed by atoms with van der Waals surface area (Å²) in [5.41, 5.74) is 3.33. The third kappa shape index (κ3) is 6.02. The molecule has 0 aliphatic carbocycles. The van der Waals surface area contributed by atoms with Gasteiger partial charge >= 0.3 is 0 Å². The zero-order chi connectivity index (χ0) is 29.1. The lowest BCUT2D eigenvalue weighted by atomic mass is 9.99. The second-order valence-corrected chi connectivity index (χ2v) is 11.6. The van der Waals surface area contributed by atoms with Gasteiger partial charge in [-0.3, -0.25) is 14.2 Å². The van der Waals surface area contributed by atoms with Crippen LogP contribution in [0.1, 0.15) is 29.9 Å². The maximum absolute atomic E-state index is 14.5. The van der Waals surface area contributed by atoms with Crippen LogP contribution in [-0.4, -0.2) is 60.8 Å². The maximum Gasteiger partial charge on any atom is 0.265 e. The summed E-state index contributed by atoms with van der Waals surface area (Å²) in [5.74, 6) is 1.14. The smallest absolute Gasteiger partial charge is 0.265 e. The maximum atomic E-state index is 14.5. The number of thiazole rings is 1. The van der Waals surface area contributed by atoms with Crippen LogP contribution in [0.5, 0.6) is 11.5 Å². The first-order chi connectivity index (χ1) is 19.8. The van der Waals surface area contributed by atoms with Gasteiger partial charge in [0.2, 0.25) is 0 Å². The lowest BCUT2D eigenvalue weighted by molar-refractivity contribution is 0.0733. The second kappa shape index (κ2) is 12.5. The van der Waals surface area contributed by atoms with Gasteiger partial charge in [0.1, 0.15) is 16.5 Å². The Balaban J connectivity index is 1.78. The van der Waals surface area contributed by atoms with Crippen LogP contribution in [0.25, 0.3) is 27.5 Å². The number of rotatable bonds is 8. The number of nitrogens with one attached hydrogen (secondary N) is 1. The number of piperazine rings is 1. The fourth-order valence-electron chi connectivity index (χ4n) is 4.99. The summed E-state index contributed by atoms with van der Waals surface area (Å²) in [6.45, 7) is 6.77. The number of carbonyl (C=O) groups excluding carboxylic acids is 1. The molecular formula is C31H33ClN4O4S. The summed E-state index contributed by atoms with van der Waals surface area (Å²) in [7, 11) is 3.14. The van der Waals surface area contributed by atoms with Gasteiger partial charge in [-0.2, -0.15) is 0 Å². The van der Waals surface area contributed by atoms with Crippen molar-refractivity contribution in [2.75, 3.05) is 40.4 Å². The zero-order valence-electron chi connectivity index (χ0n) is 23.6. The highest BCUT2D eigenvalue weighted by atomic mass is 35.5. The predicted octanol–water partition coefficient (Wildman–Crippen LogP) is 5.54. The molecule has 0 spiro atoms. The van der Waals surface area contributed by atoms with Crippen LogP contribution < -0.4 is 20.3 Å². The predicted molar refractivity (Wildman–Crippen MR) is 164 cm³/mol. The van der Waals surface area contributed by atoms with Gasteiger partial charge in [0.25, 0.3) is 11.5 Å². The average Bonchev–Trinajstić information content (AvgIpc) is 3.47. The number of hydrogen-bond acceptors (Lipinski definition) is 7. The van der Waals surface area contributed by atoms with E-state index in [0.29, 0.717) is 63.5 Å². The lowest BCUT2D eigenvalue weighted by Gasteiger charge is -2.29. The molecule has 1 aliphatic rings. The van der Waals surface area contributed by atoms with Gasteiger partial charge in [0.15, 0.2) is 0 Å². The van der Waals surface area contributed by atoms with Crippen molar-refractivity contribution < 1.29 is 14.3 Å². The molecule has 4 aromatic rings. The molecule has 214 valence electrons. The fourth-order valence-corrected chi connectivity index (χ4v) is 5.96. The number of hydrogen-bond donors (Lipinski definition) is 1. The lowest BCUT2D eigenvalue weighted by Crippen LogP contribution is -2.47. The van der Waals surface area contributed by atoms with Gasteiger partial charge in [0.05, 0.1) is 36.7 Å². The van der Waals surface area contributed by atoms with E-state index in [4.69, 9.17) is 26.1 Å². The SMILES string of the molecule is COc1ccc(OC)c(-n2c(CC(C)C)c(C(=O)N3CCNCC3)cc(-c3nc(-c4ccc(Cl)cc4)cs3)c2=O)c1. The summed E-state index contributed by atoms with van der Waals surface area (Å²) >= 11 is 7.45. The number of nitrogens with zero attached hydrogens (tertiary/aromatic N) is 3. The second-order valence-electron chi connectivity index (χ2n) is 10.3. The van der Waals surface area contributed by atoms with E-state index in [1.807, 2.05) is 34.5 Å². The Labute approximate surface area is 248 Å². The molecule has 0 radical (unpaired) electrons. The van der Waals surface area contributed by atoms with Crippen molar-refractivity contribution in [2.24, 2.45) is 5.92 Å². The summed E-state index contributed by atoms with van der Waals surface area (Å²) in [4.78, 5) is 35.2. The normalized spacial score (nSPS) is 13.5. The van der Waals surface area contributed by atoms with Gasteiger partial charge in [-0.1, -0.05) is 37.6 Å². The molecular weight excluding hydrogens is 560 g/mol. The standard InChI is InChI=1S/C31H33ClN4O4S/c1-19(2)15-26-23(30(37)35-13-11-33-12-14-35)17-24(29-34-25(18-41-29)20-5-7-21(32)8-6-20)31(38)36(26)27-16-22(39-3)9-10-28(27)40-4/h5-10,16-19,33H,11-15H2,1-4H3. The van der Waals surface area contributed by atoms with Crippen molar-refractivity contribution in [3.8, 4) is 39.0 Å². The fraction of sp³-hybridized carbons (Fsp3) is 0.323. The number of ether oxygens (including phenoxy) is 2. The Hall–Kier alpha value is -3.66. The van der Waals surface area contributed by atoms with Crippen molar-refractivity contribution in [1.82, 2.24) is 19.8 Å². The number of methoxy groups -OCH3 is 2. The van der Waals surface area contributed by atoms with Crippen molar-refractivity contribution >= 4 is 28.8 Å². The van der Waals surface area contributed by atoms with Crippen LogP contribution in [0, 0.1) is 5.92 Å². The molecule has 0 unspecified atom stereocenters. The van der Waals surface area contributed by atoms with E-state index in [0.717, 1.165) is 24.3 Å². The monoisotopic (exact) mass is 592 g/mol. The van der Waals surface area contributed by atoms with Crippen LogP contribution in [0.2, 0.25) is 5.02 Å². The van der Waals surface area contributed by atoms with E-state index < -0.39 is 0 Å². The summed E-state index contributed by atoms with van der Waals surface area (Å²) in [5, 5.41) is 6.38. The third-order valence-corrected chi connectivity index (χ3v) is 8.17. The zero-order valence-corrected chi connectivity index (χ0v) is 25.1. The number of aromatic nitrogens is 2. The molecule has 2 aromatic heterocycles. The molecule has 1 N–H and O–H groups in total. The highest BCUT2D eigenvalue weighted by molar-refractivity contribution is 7.13. The van der Waals surface area contributed by atoms with Crippen molar-refractivity contribution in [3.05, 3.63) is 80.5 Å². The van der Waals surface area contributed by atoms with E-state index in [-0.39, 0.29) is 17.4 Å². The molecule has 0 bridgehead atoms. The van der Waals surface area contributed by atoms with E-state index >= 15 is 0 Å². The molecule has 5 rings (SSSR count). The molecule has 10 heteroatoms. The topological polar surface area (TPSA) is 85.7 Å². The third-order valence-electron chi connectivity index (χ3n) is 7.04. The van der Waals surface area contributed by atoms with Gasteiger partial charge in [-0.25, -0.2) is 4.98 Å². The molecule has 41 heavy (non-hydrogen) atoms. The first kappa shape index (κ1) is 28.9. The average molecular weight is 593 g/mol. The Morgan fingerprint density at radius 1 is 1.07 bits per heavy atom. The molecule has 0 saturated carbocycles. The van der Waals surface area contributed by atoms with Crippen LogP contribution in [-0.2, 0) is 6.42 Å². The highest BCUT2D eigenvalue weighted by Gasteiger charge is 2.28. The molecule has 1 aliphatic heterocycles. The van der Waals surface area contributed by atoms with Crippen LogP contribution in [0.3, 0.4) is 0 Å². The number of carbonyl (C=O) groups is 1. The number of amides is 1. The first-order valence-electron chi connectivity index (χ1n) is 13.5. The van der Waals surface area contributed by atoms with Crippen molar-refractivity contribution in [3.63, 3.8) is 0 Å².